The van der Waals surface area contributed by atoms with E-state index in [1.807, 2.05) is 13.0 Å². The van der Waals surface area contributed by atoms with Gasteiger partial charge in [-0.1, -0.05) is 6.42 Å². The zero-order valence-corrected chi connectivity index (χ0v) is 14.2. The van der Waals surface area contributed by atoms with Crippen LogP contribution < -0.4 is 5.32 Å². The first kappa shape index (κ1) is 16.7. The van der Waals surface area contributed by atoms with E-state index in [0.717, 1.165) is 44.0 Å². The molecule has 0 atom stereocenters. The van der Waals surface area contributed by atoms with E-state index < -0.39 is 0 Å². The van der Waals surface area contributed by atoms with Crippen LogP contribution in [0.2, 0.25) is 0 Å². The number of pyridine rings is 1. The second-order valence-corrected chi connectivity index (χ2v) is 6.91. The maximum Gasteiger partial charge on any atom is 0.138 e. The van der Waals surface area contributed by atoms with Crippen LogP contribution in [0.25, 0.3) is 0 Å². The molecule has 3 heterocycles. The van der Waals surface area contributed by atoms with Gasteiger partial charge >= 0.3 is 0 Å². The van der Waals surface area contributed by atoms with Crippen molar-refractivity contribution in [1.29, 1.82) is 0 Å². The summed E-state index contributed by atoms with van der Waals surface area (Å²) in [6.45, 7) is 7.62. The summed E-state index contributed by atoms with van der Waals surface area (Å²) in [6, 6.07) is 3.57. The number of aromatic hydroxyl groups is 1. The summed E-state index contributed by atoms with van der Waals surface area (Å²) in [5.41, 5.74) is 1.89. The highest BCUT2D eigenvalue weighted by molar-refractivity contribution is 5.27. The van der Waals surface area contributed by atoms with Gasteiger partial charge < -0.3 is 15.2 Å². The number of aryl methyl sites for hydroxylation is 1. The maximum absolute atomic E-state index is 9.95. The molecule has 1 aromatic heterocycles. The summed E-state index contributed by atoms with van der Waals surface area (Å²) in [4.78, 5) is 7.12. The van der Waals surface area contributed by atoms with Crippen molar-refractivity contribution >= 4 is 0 Å². The van der Waals surface area contributed by atoms with E-state index in [4.69, 9.17) is 4.74 Å². The second-order valence-electron chi connectivity index (χ2n) is 6.91. The predicted octanol–water partition coefficient (Wildman–Crippen LogP) is 2.22. The lowest BCUT2D eigenvalue weighted by molar-refractivity contribution is -0.0358. The molecule has 0 aromatic carbocycles. The van der Waals surface area contributed by atoms with E-state index >= 15 is 0 Å². The number of rotatable bonds is 5. The van der Waals surface area contributed by atoms with Crippen molar-refractivity contribution in [1.82, 2.24) is 15.2 Å². The van der Waals surface area contributed by atoms with E-state index in [0.29, 0.717) is 6.54 Å². The Hall–Kier alpha value is -1.17. The summed E-state index contributed by atoms with van der Waals surface area (Å²) in [5, 5.41) is 13.5. The van der Waals surface area contributed by atoms with Gasteiger partial charge in [0.2, 0.25) is 0 Å². The minimum atomic E-state index is 0.206. The SMILES string of the molecule is Cc1ccc(O)c(CNCC2(N3CCCCC3)CCOCC2)n1. The molecule has 128 valence electrons. The maximum atomic E-state index is 9.95. The van der Waals surface area contributed by atoms with Crippen LogP contribution in [0.3, 0.4) is 0 Å². The number of hydrogen-bond donors (Lipinski definition) is 2. The van der Waals surface area contributed by atoms with E-state index in [2.05, 4.69) is 15.2 Å². The molecule has 0 spiro atoms. The molecule has 3 rings (SSSR count). The quantitative estimate of drug-likeness (QED) is 0.871. The molecule has 2 saturated heterocycles. The van der Waals surface area contributed by atoms with Gasteiger partial charge in [-0.15, -0.1) is 0 Å². The third-order valence-electron chi connectivity index (χ3n) is 5.29. The Labute approximate surface area is 139 Å². The van der Waals surface area contributed by atoms with Crippen molar-refractivity contribution in [2.75, 3.05) is 32.8 Å². The van der Waals surface area contributed by atoms with Gasteiger partial charge in [0.15, 0.2) is 0 Å². The Bertz CT molecular complexity index is 509. The van der Waals surface area contributed by atoms with Gasteiger partial charge in [0.25, 0.3) is 0 Å². The third-order valence-corrected chi connectivity index (χ3v) is 5.29. The fraction of sp³-hybridized carbons (Fsp3) is 0.722. The fourth-order valence-corrected chi connectivity index (χ4v) is 3.87. The monoisotopic (exact) mass is 319 g/mol. The first-order valence-electron chi connectivity index (χ1n) is 8.89. The van der Waals surface area contributed by atoms with Crippen LogP contribution in [0.4, 0.5) is 0 Å². The molecule has 0 aliphatic carbocycles. The smallest absolute Gasteiger partial charge is 0.138 e. The number of nitrogens with one attached hydrogen (secondary N) is 1. The number of piperidine rings is 1. The Kier molecular flexibility index (Phi) is 5.51. The Morgan fingerprint density at radius 2 is 1.96 bits per heavy atom. The van der Waals surface area contributed by atoms with Crippen molar-refractivity contribution in [2.24, 2.45) is 0 Å². The van der Waals surface area contributed by atoms with Gasteiger partial charge in [-0.2, -0.15) is 0 Å². The number of likely N-dealkylation sites (tertiary alicyclic amines) is 1. The molecule has 0 amide bonds. The van der Waals surface area contributed by atoms with Crippen molar-refractivity contribution < 1.29 is 9.84 Å². The van der Waals surface area contributed by atoms with Crippen LogP contribution in [0.15, 0.2) is 12.1 Å². The lowest BCUT2D eigenvalue weighted by Gasteiger charge is -2.48. The van der Waals surface area contributed by atoms with Gasteiger partial charge in [0.05, 0.1) is 5.69 Å². The van der Waals surface area contributed by atoms with Crippen LogP contribution >= 0.6 is 0 Å². The number of nitrogens with zero attached hydrogens (tertiary/aromatic N) is 2. The topological polar surface area (TPSA) is 57.6 Å². The van der Waals surface area contributed by atoms with Gasteiger partial charge in [-0.25, -0.2) is 0 Å². The Morgan fingerprint density at radius 3 is 2.70 bits per heavy atom. The Balaban J connectivity index is 1.63. The molecule has 5 nitrogen and oxygen atoms in total. The largest absolute Gasteiger partial charge is 0.506 e. The molecule has 2 aliphatic rings. The first-order chi connectivity index (χ1) is 11.2. The summed E-state index contributed by atoms with van der Waals surface area (Å²) in [6.07, 6.45) is 6.16. The van der Waals surface area contributed by atoms with Crippen LogP contribution in [0.5, 0.6) is 5.75 Å². The van der Waals surface area contributed by atoms with Crippen LogP contribution in [-0.4, -0.2) is 53.4 Å². The molecule has 1 aromatic rings. The van der Waals surface area contributed by atoms with Crippen LogP contribution in [0, 0.1) is 6.92 Å². The molecule has 2 aliphatic heterocycles. The zero-order valence-electron chi connectivity index (χ0n) is 14.2. The molecule has 0 saturated carbocycles. The molecule has 5 heteroatoms. The molecule has 0 unspecified atom stereocenters. The molecule has 2 N–H and O–H groups in total. The standard InChI is InChI=1S/C18H29N3O2/c1-15-5-6-17(22)16(20-15)13-19-14-18(7-11-23-12-8-18)21-9-3-2-4-10-21/h5-6,19,22H,2-4,7-14H2,1H3. The highest BCUT2D eigenvalue weighted by Gasteiger charge is 2.38. The molecule has 0 bridgehead atoms. The predicted molar refractivity (Wildman–Crippen MR) is 90.6 cm³/mol. The number of ether oxygens (including phenoxy) is 1. The average molecular weight is 319 g/mol. The third kappa shape index (κ3) is 4.03. The van der Waals surface area contributed by atoms with E-state index in [1.165, 1.54) is 32.4 Å². The highest BCUT2D eigenvalue weighted by atomic mass is 16.5. The van der Waals surface area contributed by atoms with Crippen molar-refractivity contribution in [3.8, 4) is 5.75 Å². The summed E-state index contributed by atoms with van der Waals surface area (Å²) >= 11 is 0. The summed E-state index contributed by atoms with van der Waals surface area (Å²) in [5.74, 6) is 0.280. The molecule has 0 radical (unpaired) electrons. The first-order valence-corrected chi connectivity index (χ1v) is 8.89. The van der Waals surface area contributed by atoms with E-state index in [-0.39, 0.29) is 11.3 Å². The highest BCUT2D eigenvalue weighted by Crippen LogP contribution is 2.30. The normalized spacial score (nSPS) is 22.1. The van der Waals surface area contributed by atoms with E-state index in [9.17, 15) is 5.11 Å². The number of hydrogen-bond acceptors (Lipinski definition) is 5. The van der Waals surface area contributed by atoms with Crippen molar-refractivity contribution in [2.45, 2.75) is 51.1 Å². The van der Waals surface area contributed by atoms with Crippen LogP contribution in [0.1, 0.15) is 43.5 Å². The minimum absolute atomic E-state index is 0.206. The average Bonchev–Trinajstić information content (AvgIpc) is 2.60. The summed E-state index contributed by atoms with van der Waals surface area (Å²) < 4.78 is 5.61. The van der Waals surface area contributed by atoms with E-state index in [1.54, 1.807) is 6.07 Å². The lowest BCUT2D eigenvalue weighted by Crippen LogP contribution is -2.59. The number of aromatic nitrogens is 1. The molecular formula is C18H29N3O2. The lowest BCUT2D eigenvalue weighted by atomic mass is 9.86. The Morgan fingerprint density at radius 1 is 1.22 bits per heavy atom. The van der Waals surface area contributed by atoms with Crippen molar-refractivity contribution in [3.63, 3.8) is 0 Å². The van der Waals surface area contributed by atoms with Gasteiger partial charge in [-0.05, 0) is 57.8 Å². The fourth-order valence-electron chi connectivity index (χ4n) is 3.87. The molecular weight excluding hydrogens is 290 g/mol. The van der Waals surface area contributed by atoms with Gasteiger partial charge in [0.1, 0.15) is 5.75 Å². The second kappa shape index (κ2) is 7.60. The van der Waals surface area contributed by atoms with Crippen LogP contribution in [-0.2, 0) is 11.3 Å². The minimum Gasteiger partial charge on any atom is -0.506 e. The van der Waals surface area contributed by atoms with Gasteiger partial charge in [-0.3, -0.25) is 9.88 Å². The van der Waals surface area contributed by atoms with Gasteiger partial charge in [0, 0.05) is 37.5 Å². The molecule has 2 fully saturated rings. The van der Waals surface area contributed by atoms with Crippen molar-refractivity contribution in [3.05, 3.63) is 23.5 Å². The zero-order chi connectivity index (χ0) is 16.1. The molecule has 23 heavy (non-hydrogen) atoms. The summed E-state index contributed by atoms with van der Waals surface area (Å²) in [7, 11) is 0.